The van der Waals surface area contributed by atoms with Gasteiger partial charge in [-0.3, -0.25) is 0 Å². The first-order valence-corrected chi connectivity index (χ1v) is 5.47. The fourth-order valence-electron chi connectivity index (χ4n) is 1.54. The quantitative estimate of drug-likeness (QED) is 0.771. The number of nitrogen functional groups attached to an aromatic ring is 1. The van der Waals surface area contributed by atoms with Gasteiger partial charge in [-0.1, -0.05) is 18.2 Å². The highest BCUT2D eigenvalue weighted by atomic mass is 16.5. The zero-order chi connectivity index (χ0) is 13.8. The van der Waals surface area contributed by atoms with E-state index < -0.39 is 5.97 Å². The van der Waals surface area contributed by atoms with E-state index in [-0.39, 0.29) is 23.7 Å². The second kappa shape index (κ2) is 5.36. The lowest BCUT2D eigenvalue weighted by molar-refractivity contribution is 0.0693. The minimum absolute atomic E-state index is 0.0670. The van der Waals surface area contributed by atoms with Gasteiger partial charge >= 0.3 is 5.97 Å². The molecule has 0 aliphatic rings. The molecule has 0 radical (unpaired) electrons. The molecule has 1 aromatic heterocycles. The molecule has 6 nitrogen and oxygen atoms in total. The SMILES string of the molecule is Nc1cnc(Oc2ccccc2CO)c(C(=O)O)c1. The number of nitrogens with two attached hydrogens (primary N) is 1. The third-order valence-corrected chi connectivity index (χ3v) is 2.45. The summed E-state index contributed by atoms with van der Waals surface area (Å²) >= 11 is 0. The average Bonchev–Trinajstić information content (AvgIpc) is 2.41. The molecule has 19 heavy (non-hydrogen) atoms. The standard InChI is InChI=1S/C13H12N2O4/c14-9-5-10(13(17)18)12(15-6-9)19-11-4-2-1-3-8(11)7-16/h1-6,16H,7,14H2,(H,17,18). The van der Waals surface area contributed by atoms with Crippen molar-refractivity contribution in [2.24, 2.45) is 0 Å². The van der Waals surface area contributed by atoms with Crippen LogP contribution in [0.5, 0.6) is 11.6 Å². The van der Waals surface area contributed by atoms with E-state index >= 15 is 0 Å². The first kappa shape index (κ1) is 12.8. The van der Waals surface area contributed by atoms with E-state index in [1.165, 1.54) is 12.3 Å². The Morgan fingerprint density at radius 1 is 1.37 bits per heavy atom. The molecule has 0 bridgehead atoms. The molecule has 6 heteroatoms. The van der Waals surface area contributed by atoms with Crippen LogP contribution in [0, 0.1) is 0 Å². The summed E-state index contributed by atoms with van der Waals surface area (Å²) in [7, 11) is 0. The number of carboxylic acids is 1. The van der Waals surface area contributed by atoms with E-state index in [9.17, 15) is 9.90 Å². The van der Waals surface area contributed by atoms with Gasteiger partial charge in [0, 0.05) is 5.56 Å². The van der Waals surface area contributed by atoms with E-state index in [1.807, 2.05) is 0 Å². The summed E-state index contributed by atoms with van der Waals surface area (Å²) < 4.78 is 5.44. The number of benzene rings is 1. The van der Waals surface area contributed by atoms with Gasteiger partial charge in [-0.25, -0.2) is 9.78 Å². The Morgan fingerprint density at radius 3 is 2.79 bits per heavy atom. The van der Waals surface area contributed by atoms with E-state index in [2.05, 4.69) is 4.98 Å². The molecule has 0 saturated heterocycles. The van der Waals surface area contributed by atoms with Crippen molar-refractivity contribution in [1.29, 1.82) is 0 Å². The summed E-state index contributed by atoms with van der Waals surface area (Å²) in [5.41, 5.74) is 6.14. The number of carbonyl (C=O) groups is 1. The van der Waals surface area contributed by atoms with Crippen LogP contribution >= 0.6 is 0 Å². The first-order valence-electron chi connectivity index (χ1n) is 5.47. The fraction of sp³-hybridized carbons (Fsp3) is 0.0769. The Bertz CT molecular complexity index is 613. The summed E-state index contributed by atoms with van der Waals surface area (Å²) in [6, 6.07) is 8.02. The third kappa shape index (κ3) is 2.80. The number of hydrogen-bond donors (Lipinski definition) is 3. The monoisotopic (exact) mass is 260 g/mol. The minimum Gasteiger partial charge on any atom is -0.477 e. The molecular formula is C13H12N2O4. The maximum absolute atomic E-state index is 11.1. The number of para-hydroxylation sites is 1. The molecule has 2 rings (SSSR count). The smallest absolute Gasteiger partial charge is 0.341 e. The predicted molar refractivity (Wildman–Crippen MR) is 68.0 cm³/mol. The number of pyridine rings is 1. The number of nitrogens with zero attached hydrogens (tertiary/aromatic N) is 1. The van der Waals surface area contributed by atoms with E-state index in [1.54, 1.807) is 24.3 Å². The van der Waals surface area contributed by atoms with Gasteiger partial charge in [-0.15, -0.1) is 0 Å². The molecule has 98 valence electrons. The van der Waals surface area contributed by atoms with Crippen molar-refractivity contribution in [3.8, 4) is 11.6 Å². The summed E-state index contributed by atoms with van der Waals surface area (Å²) in [6.45, 7) is -0.215. The third-order valence-electron chi connectivity index (χ3n) is 2.45. The van der Waals surface area contributed by atoms with Gasteiger partial charge in [-0.05, 0) is 12.1 Å². The predicted octanol–water partition coefficient (Wildman–Crippen LogP) is 1.65. The lowest BCUT2D eigenvalue weighted by Gasteiger charge is -2.10. The number of hydrogen-bond acceptors (Lipinski definition) is 5. The summed E-state index contributed by atoms with van der Waals surface area (Å²) in [6.07, 6.45) is 1.31. The number of aromatic nitrogens is 1. The van der Waals surface area contributed by atoms with Crippen molar-refractivity contribution in [3.63, 3.8) is 0 Å². The van der Waals surface area contributed by atoms with E-state index in [0.717, 1.165) is 0 Å². The van der Waals surface area contributed by atoms with Crippen LogP contribution in [0.2, 0.25) is 0 Å². The van der Waals surface area contributed by atoms with Crippen molar-refractivity contribution in [2.75, 3.05) is 5.73 Å². The van der Waals surface area contributed by atoms with Crippen LogP contribution in [0.15, 0.2) is 36.5 Å². The van der Waals surface area contributed by atoms with Crippen LogP contribution in [-0.2, 0) is 6.61 Å². The van der Waals surface area contributed by atoms with Gasteiger partial charge in [0.1, 0.15) is 11.3 Å². The molecular weight excluding hydrogens is 248 g/mol. The van der Waals surface area contributed by atoms with Crippen LogP contribution in [0.4, 0.5) is 5.69 Å². The molecule has 0 spiro atoms. The van der Waals surface area contributed by atoms with Crippen LogP contribution < -0.4 is 10.5 Å². The summed E-state index contributed by atoms with van der Waals surface area (Å²) in [5.74, 6) is -0.899. The normalized spacial score (nSPS) is 10.2. The van der Waals surface area contributed by atoms with Crippen molar-refractivity contribution >= 4 is 11.7 Å². The molecule has 0 amide bonds. The zero-order valence-corrected chi connectivity index (χ0v) is 9.91. The molecule has 1 aromatic carbocycles. The molecule has 4 N–H and O–H groups in total. The van der Waals surface area contributed by atoms with Crippen molar-refractivity contribution in [2.45, 2.75) is 6.61 Å². The Hall–Kier alpha value is -2.60. The number of ether oxygens (including phenoxy) is 1. The van der Waals surface area contributed by atoms with Gasteiger partial charge in [0.2, 0.25) is 5.88 Å². The Morgan fingerprint density at radius 2 is 2.11 bits per heavy atom. The average molecular weight is 260 g/mol. The molecule has 0 saturated carbocycles. The van der Waals surface area contributed by atoms with Gasteiger partial charge in [0.15, 0.2) is 0 Å². The topological polar surface area (TPSA) is 106 Å². The van der Waals surface area contributed by atoms with Crippen molar-refractivity contribution in [3.05, 3.63) is 47.7 Å². The summed E-state index contributed by atoms with van der Waals surface area (Å²) in [5, 5.41) is 18.3. The largest absolute Gasteiger partial charge is 0.477 e. The number of aliphatic hydroxyl groups is 1. The van der Waals surface area contributed by atoms with E-state index in [4.69, 9.17) is 15.6 Å². The van der Waals surface area contributed by atoms with Gasteiger partial charge in [0.25, 0.3) is 0 Å². The van der Waals surface area contributed by atoms with Crippen LogP contribution in [-0.4, -0.2) is 21.2 Å². The van der Waals surface area contributed by atoms with Crippen molar-refractivity contribution in [1.82, 2.24) is 4.98 Å². The fourth-order valence-corrected chi connectivity index (χ4v) is 1.54. The summed E-state index contributed by atoms with van der Waals surface area (Å²) in [4.78, 5) is 15.0. The molecule has 2 aromatic rings. The zero-order valence-electron chi connectivity index (χ0n) is 9.91. The lowest BCUT2D eigenvalue weighted by Crippen LogP contribution is -2.04. The molecule has 0 aliphatic heterocycles. The highest BCUT2D eigenvalue weighted by Crippen LogP contribution is 2.27. The van der Waals surface area contributed by atoms with Crippen LogP contribution in [0.3, 0.4) is 0 Å². The first-order chi connectivity index (χ1) is 9.11. The second-order valence-corrected chi connectivity index (χ2v) is 3.79. The Balaban J connectivity index is 2.41. The molecule has 0 fully saturated rings. The molecule has 1 heterocycles. The maximum Gasteiger partial charge on any atom is 0.341 e. The van der Waals surface area contributed by atoms with E-state index in [0.29, 0.717) is 11.3 Å². The van der Waals surface area contributed by atoms with Gasteiger partial charge in [0.05, 0.1) is 18.5 Å². The Labute approximate surface area is 109 Å². The second-order valence-electron chi connectivity index (χ2n) is 3.79. The minimum atomic E-state index is -1.18. The number of rotatable bonds is 4. The lowest BCUT2D eigenvalue weighted by atomic mass is 10.2. The highest BCUT2D eigenvalue weighted by molar-refractivity contribution is 5.91. The number of anilines is 1. The molecule has 0 unspecified atom stereocenters. The number of aliphatic hydroxyl groups excluding tert-OH is 1. The molecule has 0 aliphatic carbocycles. The van der Waals surface area contributed by atoms with Crippen LogP contribution in [0.25, 0.3) is 0 Å². The number of aromatic carboxylic acids is 1. The van der Waals surface area contributed by atoms with Crippen molar-refractivity contribution < 1.29 is 19.7 Å². The van der Waals surface area contributed by atoms with Gasteiger partial charge in [-0.2, -0.15) is 0 Å². The van der Waals surface area contributed by atoms with Crippen LogP contribution in [0.1, 0.15) is 15.9 Å². The highest BCUT2D eigenvalue weighted by Gasteiger charge is 2.15. The maximum atomic E-state index is 11.1. The Kier molecular flexibility index (Phi) is 3.63. The molecule has 0 atom stereocenters. The van der Waals surface area contributed by atoms with Gasteiger partial charge < -0.3 is 20.7 Å². The number of carboxylic acid groups (broad SMARTS) is 1.